The Morgan fingerprint density at radius 1 is 1.35 bits per heavy atom. The third-order valence-electron chi connectivity index (χ3n) is 3.69. The summed E-state index contributed by atoms with van der Waals surface area (Å²) in [6.07, 6.45) is 1.84. The monoisotopic (exact) mass is 361 g/mol. The van der Waals surface area contributed by atoms with Crippen molar-refractivity contribution >= 4 is 39.7 Å². The SMILES string of the molecule is CNCCCC(=O)Nc1ccc(C)c(N2CCCS2(=O)=O)c1.Cl. The highest BCUT2D eigenvalue weighted by molar-refractivity contribution is 7.93. The maximum atomic E-state index is 12.1. The van der Waals surface area contributed by atoms with Gasteiger partial charge in [0.25, 0.3) is 0 Å². The van der Waals surface area contributed by atoms with Crippen LogP contribution in [0, 0.1) is 6.92 Å². The summed E-state index contributed by atoms with van der Waals surface area (Å²) in [5.41, 5.74) is 2.18. The molecular formula is C15H24ClN3O3S. The van der Waals surface area contributed by atoms with Crippen LogP contribution in [0.4, 0.5) is 11.4 Å². The Hall–Kier alpha value is -1.31. The van der Waals surface area contributed by atoms with Crippen LogP contribution in [0.2, 0.25) is 0 Å². The number of hydrogen-bond acceptors (Lipinski definition) is 4. The van der Waals surface area contributed by atoms with Gasteiger partial charge in [0, 0.05) is 18.7 Å². The van der Waals surface area contributed by atoms with Gasteiger partial charge >= 0.3 is 0 Å². The van der Waals surface area contributed by atoms with E-state index >= 15 is 0 Å². The molecule has 1 fully saturated rings. The first-order chi connectivity index (χ1) is 10.4. The highest BCUT2D eigenvalue weighted by atomic mass is 35.5. The van der Waals surface area contributed by atoms with Crippen LogP contribution >= 0.6 is 12.4 Å². The van der Waals surface area contributed by atoms with Crippen molar-refractivity contribution in [2.75, 3.05) is 35.5 Å². The number of rotatable bonds is 6. The first-order valence-corrected chi connectivity index (χ1v) is 9.10. The van der Waals surface area contributed by atoms with Gasteiger partial charge in [0.1, 0.15) is 0 Å². The third-order valence-corrected chi connectivity index (χ3v) is 5.55. The first-order valence-electron chi connectivity index (χ1n) is 7.49. The summed E-state index contributed by atoms with van der Waals surface area (Å²) in [4.78, 5) is 11.9. The second kappa shape index (κ2) is 8.52. The summed E-state index contributed by atoms with van der Waals surface area (Å²) in [5.74, 6) is 0.127. The van der Waals surface area contributed by atoms with Crippen molar-refractivity contribution in [3.8, 4) is 0 Å². The third kappa shape index (κ3) is 5.09. The zero-order valence-corrected chi connectivity index (χ0v) is 15.1. The van der Waals surface area contributed by atoms with Gasteiger partial charge in [0.2, 0.25) is 15.9 Å². The van der Waals surface area contributed by atoms with E-state index in [4.69, 9.17) is 0 Å². The molecule has 8 heteroatoms. The van der Waals surface area contributed by atoms with Crippen molar-refractivity contribution in [3.05, 3.63) is 23.8 Å². The molecule has 1 saturated heterocycles. The van der Waals surface area contributed by atoms with E-state index in [1.165, 1.54) is 4.31 Å². The average molecular weight is 362 g/mol. The normalized spacial score (nSPS) is 16.0. The van der Waals surface area contributed by atoms with E-state index in [1.54, 1.807) is 12.1 Å². The highest BCUT2D eigenvalue weighted by Gasteiger charge is 2.29. The molecule has 0 aromatic heterocycles. The number of sulfonamides is 1. The van der Waals surface area contributed by atoms with E-state index in [0.29, 0.717) is 30.8 Å². The largest absolute Gasteiger partial charge is 0.326 e. The van der Waals surface area contributed by atoms with Crippen molar-refractivity contribution in [3.63, 3.8) is 0 Å². The number of benzene rings is 1. The maximum Gasteiger partial charge on any atom is 0.235 e. The lowest BCUT2D eigenvalue weighted by molar-refractivity contribution is -0.116. The Labute approximate surface area is 144 Å². The molecule has 130 valence electrons. The Bertz CT molecular complexity index is 649. The number of carbonyl (C=O) groups is 1. The van der Waals surface area contributed by atoms with Crippen LogP contribution in [0.5, 0.6) is 0 Å². The molecule has 2 rings (SSSR count). The molecule has 2 N–H and O–H groups in total. The van der Waals surface area contributed by atoms with Crippen LogP contribution < -0.4 is 14.9 Å². The summed E-state index contributed by atoms with van der Waals surface area (Å²) < 4.78 is 25.6. The zero-order valence-electron chi connectivity index (χ0n) is 13.5. The molecule has 0 atom stereocenters. The molecule has 1 aliphatic heterocycles. The Balaban J connectivity index is 0.00000264. The van der Waals surface area contributed by atoms with E-state index in [9.17, 15) is 13.2 Å². The summed E-state index contributed by atoms with van der Waals surface area (Å²) in [5, 5.41) is 5.83. The molecule has 0 aliphatic carbocycles. The molecule has 1 aromatic rings. The van der Waals surface area contributed by atoms with Crippen molar-refractivity contribution in [1.29, 1.82) is 0 Å². The highest BCUT2D eigenvalue weighted by Crippen LogP contribution is 2.30. The van der Waals surface area contributed by atoms with Gasteiger partial charge in [0.15, 0.2) is 0 Å². The molecular weight excluding hydrogens is 338 g/mol. The topological polar surface area (TPSA) is 78.5 Å². The molecule has 6 nitrogen and oxygen atoms in total. The molecule has 0 radical (unpaired) electrons. The van der Waals surface area contributed by atoms with Gasteiger partial charge in [-0.25, -0.2) is 8.42 Å². The Morgan fingerprint density at radius 3 is 2.70 bits per heavy atom. The summed E-state index contributed by atoms with van der Waals surface area (Å²) in [7, 11) is -1.37. The van der Waals surface area contributed by atoms with Crippen LogP contribution in [0.25, 0.3) is 0 Å². The maximum absolute atomic E-state index is 12.1. The van der Waals surface area contributed by atoms with Gasteiger partial charge in [-0.05, 0) is 51.1 Å². The summed E-state index contributed by atoms with van der Waals surface area (Å²) in [6.45, 7) is 3.17. The van der Waals surface area contributed by atoms with E-state index in [0.717, 1.165) is 18.5 Å². The minimum atomic E-state index is -3.21. The van der Waals surface area contributed by atoms with E-state index in [1.807, 2.05) is 20.0 Å². The fraction of sp³-hybridized carbons (Fsp3) is 0.533. The number of anilines is 2. The average Bonchev–Trinajstić information content (AvgIpc) is 2.81. The lowest BCUT2D eigenvalue weighted by atomic mass is 10.1. The molecule has 0 spiro atoms. The minimum Gasteiger partial charge on any atom is -0.326 e. The quantitative estimate of drug-likeness (QED) is 0.758. The number of amides is 1. The predicted molar refractivity (Wildman–Crippen MR) is 96.0 cm³/mol. The fourth-order valence-corrected chi connectivity index (χ4v) is 4.13. The van der Waals surface area contributed by atoms with Crippen LogP contribution in [0.3, 0.4) is 0 Å². The smallest absolute Gasteiger partial charge is 0.235 e. The lowest BCUT2D eigenvalue weighted by Crippen LogP contribution is -2.26. The number of aryl methyl sites for hydroxylation is 1. The standard InChI is InChI=1S/C15H23N3O3S.ClH/c1-12-6-7-13(17-15(19)5-3-8-16-2)11-14(12)18-9-4-10-22(18,20)21;/h6-7,11,16H,3-5,8-10H2,1-2H3,(H,17,19);1H. The molecule has 1 aromatic carbocycles. The van der Waals surface area contributed by atoms with Gasteiger partial charge in [-0.3, -0.25) is 9.10 Å². The fourth-order valence-electron chi connectivity index (χ4n) is 2.52. The van der Waals surface area contributed by atoms with E-state index in [2.05, 4.69) is 10.6 Å². The number of halogens is 1. The lowest BCUT2D eigenvalue weighted by Gasteiger charge is -2.20. The summed E-state index contributed by atoms with van der Waals surface area (Å²) >= 11 is 0. The predicted octanol–water partition coefficient (Wildman–Crippen LogP) is 1.89. The van der Waals surface area contributed by atoms with Gasteiger partial charge in [-0.1, -0.05) is 6.07 Å². The molecule has 1 aliphatic rings. The second-order valence-electron chi connectivity index (χ2n) is 5.50. The van der Waals surface area contributed by atoms with Crippen molar-refractivity contribution in [2.45, 2.75) is 26.2 Å². The molecule has 1 amide bonds. The van der Waals surface area contributed by atoms with Crippen molar-refractivity contribution in [1.82, 2.24) is 5.32 Å². The van der Waals surface area contributed by atoms with E-state index < -0.39 is 10.0 Å². The molecule has 1 heterocycles. The van der Waals surface area contributed by atoms with Gasteiger partial charge < -0.3 is 10.6 Å². The zero-order chi connectivity index (χ0) is 16.2. The summed E-state index contributed by atoms with van der Waals surface area (Å²) in [6, 6.07) is 5.39. The van der Waals surface area contributed by atoms with Crippen molar-refractivity contribution in [2.24, 2.45) is 0 Å². The molecule has 0 saturated carbocycles. The molecule has 23 heavy (non-hydrogen) atoms. The van der Waals surface area contributed by atoms with Crippen molar-refractivity contribution < 1.29 is 13.2 Å². The Kier molecular flexibility index (Phi) is 7.31. The number of nitrogens with one attached hydrogen (secondary N) is 2. The van der Waals surface area contributed by atoms with Crippen LogP contribution in [-0.2, 0) is 14.8 Å². The number of hydrogen-bond donors (Lipinski definition) is 2. The molecule has 0 bridgehead atoms. The van der Waals surface area contributed by atoms with Crippen LogP contribution in [0.15, 0.2) is 18.2 Å². The minimum absolute atomic E-state index is 0. The number of carbonyl (C=O) groups excluding carboxylic acids is 1. The van der Waals surface area contributed by atoms with Crippen LogP contribution in [-0.4, -0.2) is 40.2 Å². The second-order valence-corrected chi connectivity index (χ2v) is 7.51. The van der Waals surface area contributed by atoms with Gasteiger partial charge in [0.05, 0.1) is 11.4 Å². The van der Waals surface area contributed by atoms with Gasteiger partial charge in [-0.15, -0.1) is 12.4 Å². The van der Waals surface area contributed by atoms with Crippen LogP contribution in [0.1, 0.15) is 24.8 Å². The number of nitrogens with zero attached hydrogens (tertiary/aromatic N) is 1. The Morgan fingerprint density at radius 2 is 2.09 bits per heavy atom. The molecule has 0 unspecified atom stereocenters. The van der Waals surface area contributed by atoms with Gasteiger partial charge in [-0.2, -0.15) is 0 Å². The van der Waals surface area contributed by atoms with E-state index in [-0.39, 0.29) is 24.1 Å². The first kappa shape index (κ1) is 19.7.